The minimum atomic E-state index is -4.91. The second kappa shape index (κ2) is 9.28. The summed E-state index contributed by atoms with van der Waals surface area (Å²) in [5.74, 6) is 0. The zero-order valence-corrected chi connectivity index (χ0v) is 16.4. The molecule has 1 heterocycles. The predicted octanol–water partition coefficient (Wildman–Crippen LogP) is 5.97. The van der Waals surface area contributed by atoms with Crippen molar-refractivity contribution in [2.45, 2.75) is 43.9 Å². The van der Waals surface area contributed by atoms with Gasteiger partial charge in [0.05, 0.1) is 42.5 Å². The predicted molar refractivity (Wildman–Crippen MR) is 101 cm³/mol. The number of likely N-dealkylation sites (tertiary alicyclic amines) is 1. The van der Waals surface area contributed by atoms with Gasteiger partial charge in [-0.1, -0.05) is 30.3 Å². The van der Waals surface area contributed by atoms with Crippen molar-refractivity contribution in [1.82, 2.24) is 4.90 Å². The fraction of sp³-hybridized carbons (Fsp3) is 0.409. The molecule has 166 valence electrons. The molecule has 0 bridgehead atoms. The van der Waals surface area contributed by atoms with Gasteiger partial charge >= 0.3 is 12.4 Å². The van der Waals surface area contributed by atoms with Crippen LogP contribution in [0, 0.1) is 11.3 Å². The molecule has 0 N–H and O–H groups in total. The number of benzene rings is 2. The van der Waals surface area contributed by atoms with Gasteiger partial charge < -0.3 is 4.74 Å². The highest BCUT2D eigenvalue weighted by atomic mass is 19.4. The van der Waals surface area contributed by atoms with Crippen LogP contribution in [0.4, 0.5) is 26.3 Å². The van der Waals surface area contributed by atoms with E-state index in [1.807, 2.05) is 35.2 Å². The molecule has 1 saturated heterocycles. The maximum absolute atomic E-state index is 13.1. The van der Waals surface area contributed by atoms with Gasteiger partial charge in [-0.05, 0) is 48.7 Å². The number of halogens is 6. The molecule has 0 spiro atoms. The monoisotopic (exact) mass is 442 g/mol. The molecule has 2 atom stereocenters. The van der Waals surface area contributed by atoms with Gasteiger partial charge in [-0.2, -0.15) is 31.6 Å². The SMILES string of the molecule is N#CCN1CCC[C@@H](OCc2cc(C(F)(F)F)cc(C(F)(F)F)c2)[C@H]1c1ccccc1. The first-order chi connectivity index (χ1) is 14.6. The molecule has 2 aromatic rings. The van der Waals surface area contributed by atoms with Crippen LogP contribution in [0.3, 0.4) is 0 Å². The molecule has 3 rings (SSSR count). The summed E-state index contributed by atoms with van der Waals surface area (Å²) in [6.07, 6.45) is -9.01. The lowest BCUT2D eigenvalue weighted by atomic mass is 9.92. The van der Waals surface area contributed by atoms with Gasteiger partial charge in [0.15, 0.2) is 0 Å². The largest absolute Gasteiger partial charge is 0.416 e. The topological polar surface area (TPSA) is 36.3 Å². The Balaban J connectivity index is 1.87. The van der Waals surface area contributed by atoms with Crippen molar-refractivity contribution in [3.63, 3.8) is 0 Å². The maximum atomic E-state index is 13.1. The summed E-state index contributed by atoms with van der Waals surface area (Å²) < 4.78 is 84.5. The highest BCUT2D eigenvalue weighted by molar-refractivity contribution is 5.33. The third kappa shape index (κ3) is 5.77. The number of nitrogens with zero attached hydrogens (tertiary/aromatic N) is 2. The van der Waals surface area contributed by atoms with Crippen molar-refractivity contribution in [3.8, 4) is 6.07 Å². The van der Waals surface area contributed by atoms with E-state index in [4.69, 9.17) is 10.00 Å². The Kier molecular flexibility index (Phi) is 6.92. The number of nitriles is 1. The Labute approximate surface area is 175 Å². The third-order valence-electron chi connectivity index (χ3n) is 5.21. The molecular formula is C22H20F6N2O. The van der Waals surface area contributed by atoms with Crippen molar-refractivity contribution in [1.29, 1.82) is 5.26 Å². The van der Waals surface area contributed by atoms with Gasteiger partial charge in [0.25, 0.3) is 0 Å². The minimum absolute atomic E-state index is 0.103. The Morgan fingerprint density at radius 2 is 1.58 bits per heavy atom. The number of piperidine rings is 1. The van der Waals surface area contributed by atoms with Crippen LogP contribution in [0.25, 0.3) is 0 Å². The molecule has 31 heavy (non-hydrogen) atoms. The van der Waals surface area contributed by atoms with E-state index in [1.165, 1.54) is 0 Å². The summed E-state index contributed by atoms with van der Waals surface area (Å²) in [5, 5.41) is 9.15. The summed E-state index contributed by atoms with van der Waals surface area (Å²) in [5.41, 5.74) is -2.06. The number of rotatable bonds is 5. The molecule has 0 amide bonds. The molecule has 0 aliphatic carbocycles. The number of alkyl halides is 6. The van der Waals surface area contributed by atoms with Gasteiger partial charge in [-0.15, -0.1) is 0 Å². The average molecular weight is 442 g/mol. The van der Waals surface area contributed by atoms with Crippen molar-refractivity contribution in [2.75, 3.05) is 13.1 Å². The number of hydrogen-bond acceptors (Lipinski definition) is 3. The van der Waals surface area contributed by atoms with Crippen LogP contribution in [0.2, 0.25) is 0 Å². The zero-order valence-electron chi connectivity index (χ0n) is 16.4. The van der Waals surface area contributed by atoms with Crippen LogP contribution < -0.4 is 0 Å². The van der Waals surface area contributed by atoms with E-state index in [-0.39, 0.29) is 24.2 Å². The van der Waals surface area contributed by atoms with Crippen molar-refractivity contribution < 1.29 is 31.1 Å². The van der Waals surface area contributed by atoms with E-state index in [9.17, 15) is 26.3 Å². The fourth-order valence-electron chi connectivity index (χ4n) is 3.85. The third-order valence-corrected chi connectivity index (χ3v) is 5.21. The molecule has 1 aliphatic heterocycles. The van der Waals surface area contributed by atoms with E-state index >= 15 is 0 Å². The van der Waals surface area contributed by atoms with Gasteiger partial charge in [0.2, 0.25) is 0 Å². The molecule has 0 aromatic heterocycles. The molecule has 2 aromatic carbocycles. The van der Waals surface area contributed by atoms with Crippen molar-refractivity contribution in [3.05, 3.63) is 70.8 Å². The van der Waals surface area contributed by atoms with Gasteiger partial charge in [0, 0.05) is 0 Å². The van der Waals surface area contributed by atoms with Crippen molar-refractivity contribution >= 4 is 0 Å². The van der Waals surface area contributed by atoms with Crippen LogP contribution in [0.15, 0.2) is 48.5 Å². The van der Waals surface area contributed by atoms with Crippen LogP contribution >= 0.6 is 0 Å². The summed E-state index contributed by atoms with van der Waals surface area (Å²) in [4.78, 5) is 1.91. The second-order valence-corrected chi connectivity index (χ2v) is 7.39. The standard InChI is InChI=1S/C22H20F6N2O/c23-21(24,25)17-11-15(12-18(13-17)22(26,27)28)14-31-19-7-4-9-30(10-8-29)20(19)16-5-2-1-3-6-16/h1-3,5-6,11-13,19-20H,4,7,9-10,14H2/t19-,20-/m1/s1. The fourth-order valence-corrected chi connectivity index (χ4v) is 3.85. The Morgan fingerprint density at radius 1 is 0.968 bits per heavy atom. The first-order valence-corrected chi connectivity index (χ1v) is 9.65. The molecule has 1 aliphatic rings. The average Bonchev–Trinajstić information content (AvgIpc) is 2.72. The van der Waals surface area contributed by atoms with E-state index in [0.29, 0.717) is 31.5 Å². The maximum Gasteiger partial charge on any atom is 0.416 e. The van der Waals surface area contributed by atoms with E-state index in [1.54, 1.807) is 0 Å². The van der Waals surface area contributed by atoms with Gasteiger partial charge in [0.1, 0.15) is 0 Å². The summed E-state index contributed by atoms with van der Waals surface area (Å²) in [6, 6.07) is 12.5. The minimum Gasteiger partial charge on any atom is -0.372 e. The molecule has 0 saturated carbocycles. The second-order valence-electron chi connectivity index (χ2n) is 7.39. The Morgan fingerprint density at radius 3 is 2.13 bits per heavy atom. The summed E-state index contributed by atoms with van der Waals surface area (Å²) in [6.45, 7) is 0.386. The Bertz CT molecular complexity index is 888. The normalized spacial score (nSPS) is 20.4. The van der Waals surface area contributed by atoms with Crippen molar-refractivity contribution in [2.24, 2.45) is 0 Å². The first kappa shape index (κ1) is 23.1. The molecule has 0 unspecified atom stereocenters. The van der Waals surface area contributed by atoms with Crippen LogP contribution in [-0.2, 0) is 23.7 Å². The lowest BCUT2D eigenvalue weighted by Crippen LogP contribution is -2.43. The van der Waals surface area contributed by atoms with E-state index < -0.39 is 36.2 Å². The highest BCUT2D eigenvalue weighted by Gasteiger charge is 2.37. The molecule has 3 nitrogen and oxygen atoms in total. The molecule has 1 fully saturated rings. The lowest BCUT2D eigenvalue weighted by molar-refractivity contribution is -0.143. The summed E-state index contributed by atoms with van der Waals surface area (Å²) in [7, 11) is 0. The number of hydrogen-bond donors (Lipinski definition) is 0. The van der Waals surface area contributed by atoms with E-state index in [0.717, 1.165) is 5.56 Å². The van der Waals surface area contributed by atoms with Gasteiger partial charge in [-0.25, -0.2) is 0 Å². The smallest absolute Gasteiger partial charge is 0.372 e. The molecular weight excluding hydrogens is 422 g/mol. The van der Waals surface area contributed by atoms with Crippen LogP contribution in [0.1, 0.15) is 41.1 Å². The van der Waals surface area contributed by atoms with Crippen LogP contribution in [0.5, 0.6) is 0 Å². The zero-order chi connectivity index (χ0) is 22.6. The first-order valence-electron chi connectivity index (χ1n) is 9.65. The Hall–Kier alpha value is -2.57. The van der Waals surface area contributed by atoms with Crippen LogP contribution in [-0.4, -0.2) is 24.1 Å². The highest BCUT2D eigenvalue weighted by Crippen LogP contribution is 2.37. The number of ether oxygens (including phenoxy) is 1. The lowest BCUT2D eigenvalue weighted by Gasteiger charge is -2.40. The molecule has 9 heteroatoms. The molecule has 0 radical (unpaired) electrons. The van der Waals surface area contributed by atoms with E-state index in [2.05, 4.69) is 6.07 Å². The quantitative estimate of drug-likeness (QED) is 0.423. The summed E-state index contributed by atoms with van der Waals surface area (Å²) >= 11 is 0. The van der Waals surface area contributed by atoms with Gasteiger partial charge in [-0.3, -0.25) is 4.90 Å².